The van der Waals surface area contributed by atoms with Gasteiger partial charge in [0.1, 0.15) is 6.04 Å². The van der Waals surface area contributed by atoms with E-state index in [2.05, 4.69) is 15.5 Å². The number of ether oxygens (including phenoxy) is 1. The van der Waals surface area contributed by atoms with E-state index in [0.717, 1.165) is 50.6 Å². The zero-order valence-corrected chi connectivity index (χ0v) is 10.9. The molecule has 0 spiro atoms. The number of anilines is 1. The molecule has 1 aromatic carbocycles. The van der Waals surface area contributed by atoms with Gasteiger partial charge in [0.25, 0.3) is 0 Å². The molecule has 2 heterocycles. The molecule has 0 radical (unpaired) electrons. The summed E-state index contributed by atoms with van der Waals surface area (Å²) in [6.07, 6.45) is 0. The van der Waals surface area contributed by atoms with Crippen LogP contribution in [0.1, 0.15) is 11.6 Å². The fraction of sp³-hybridized carbons (Fsp3) is 0.500. The molecule has 19 heavy (non-hydrogen) atoms. The summed E-state index contributed by atoms with van der Waals surface area (Å²) in [6.45, 7) is 5.35. The summed E-state index contributed by atoms with van der Waals surface area (Å²) in [5, 5.41) is 6.24. The van der Waals surface area contributed by atoms with E-state index < -0.39 is 0 Å². The van der Waals surface area contributed by atoms with E-state index in [4.69, 9.17) is 4.74 Å². The lowest BCUT2D eigenvalue weighted by Gasteiger charge is -2.27. The highest BCUT2D eigenvalue weighted by Gasteiger charge is 2.29. The van der Waals surface area contributed by atoms with Gasteiger partial charge in [0.2, 0.25) is 5.91 Å². The summed E-state index contributed by atoms with van der Waals surface area (Å²) in [5.41, 5.74) is 1.98. The Morgan fingerprint density at radius 3 is 2.95 bits per heavy atom. The number of benzene rings is 1. The van der Waals surface area contributed by atoms with Gasteiger partial charge in [0.15, 0.2) is 0 Å². The number of carbonyl (C=O) groups excluding carboxylic acids is 1. The average molecular weight is 261 g/mol. The zero-order valence-electron chi connectivity index (χ0n) is 10.9. The minimum absolute atomic E-state index is 0.0446. The number of nitrogens with zero attached hydrogens (tertiary/aromatic N) is 1. The van der Waals surface area contributed by atoms with Crippen molar-refractivity contribution in [3.63, 3.8) is 0 Å². The SMILES string of the molecule is O=C1Nc2ccccc2C1NCCN1CCOCC1. The van der Waals surface area contributed by atoms with Crippen LogP contribution in [0.15, 0.2) is 24.3 Å². The first-order valence-corrected chi connectivity index (χ1v) is 6.78. The lowest BCUT2D eigenvalue weighted by atomic mass is 10.1. The van der Waals surface area contributed by atoms with Gasteiger partial charge >= 0.3 is 0 Å². The van der Waals surface area contributed by atoms with Crippen LogP contribution in [-0.4, -0.2) is 50.2 Å². The van der Waals surface area contributed by atoms with E-state index in [1.807, 2.05) is 24.3 Å². The van der Waals surface area contributed by atoms with Crippen LogP contribution in [0.4, 0.5) is 5.69 Å². The summed E-state index contributed by atoms with van der Waals surface area (Å²) in [5.74, 6) is 0.0446. The van der Waals surface area contributed by atoms with Gasteiger partial charge in [-0.05, 0) is 6.07 Å². The van der Waals surface area contributed by atoms with Crippen LogP contribution in [0, 0.1) is 0 Å². The van der Waals surface area contributed by atoms with Crippen LogP contribution >= 0.6 is 0 Å². The van der Waals surface area contributed by atoms with E-state index >= 15 is 0 Å². The molecule has 102 valence electrons. The second-order valence-corrected chi connectivity index (χ2v) is 4.92. The monoisotopic (exact) mass is 261 g/mol. The van der Waals surface area contributed by atoms with E-state index in [1.54, 1.807) is 0 Å². The first-order valence-electron chi connectivity index (χ1n) is 6.78. The fourth-order valence-electron chi connectivity index (χ4n) is 2.60. The predicted molar refractivity (Wildman–Crippen MR) is 73.1 cm³/mol. The molecule has 0 aromatic heterocycles. The van der Waals surface area contributed by atoms with Gasteiger partial charge in [-0.2, -0.15) is 0 Å². The first-order chi connectivity index (χ1) is 9.34. The van der Waals surface area contributed by atoms with Crippen molar-refractivity contribution in [1.29, 1.82) is 0 Å². The third-order valence-corrected chi connectivity index (χ3v) is 3.67. The van der Waals surface area contributed by atoms with E-state index in [-0.39, 0.29) is 11.9 Å². The topological polar surface area (TPSA) is 53.6 Å². The van der Waals surface area contributed by atoms with Crippen molar-refractivity contribution in [3.8, 4) is 0 Å². The summed E-state index contributed by atoms with van der Waals surface area (Å²) < 4.78 is 5.32. The Bertz CT molecular complexity index is 458. The zero-order chi connectivity index (χ0) is 13.1. The number of morpholine rings is 1. The Labute approximate surface area is 112 Å². The summed E-state index contributed by atoms with van der Waals surface area (Å²) in [4.78, 5) is 14.3. The van der Waals surface area contributed by atoms with E-state index in [0.29, 0.717) is 0 Å². The lowest BCUT2D eigenvalue weighted by molar-refractivity contribution is -0.117. The van der Waals surface area contributed by atoms with Crippen LogP contribution < -0.4 is 10.6 Å². The molecule has 2 aliphatic rings. The molecule has 2 N–H and O–H groups in total. The van der Waals surface area contributed by atoms with Gasteiger partial charge in [-0.1, -0.05) is 18.2 Å². The van der Waals surface area contributed by atoms with Crippen molar-refractivity contribution in [2.45, 2.75) is 6.04 Å². The highest BCUT2D eigenvalue weighted by Crippen LogP contribution is 2.29. The van der Waals surface area contributed by atoms with Gasteiger partial charge < -0.3 is 15.4 Å². The number of para-hydroxylation sites is 1. The number of fused-ring (bicyclic) bond motifs is 1. The number of hydrogen-bond donors (Lipinski definition) is 2. The first kappa shape index (κ1) is 12.6. The van der Waals surface area contributed by atoms with Crippen molar-refractivity contribution >= 4 is 11.6 Å². The van der Waals surface area contributed by atoms with Crippen LogP contribution in [0.5, 0.6) is 0 Å². The molecule has 5 nitrogen and oxygen atoms in total. The van der Waals surface area contributed by atoms with Crippen molar-refractivity contribution in [1.82, 2.24) is 10.2 Å². The van der Waals surface area contributed by atoms with Crippen molar-refractivity contribution in [2.24, 2.45) is 0 Å². The molecule has 1 amide bonds. The molecule has 1 saturated heterocycles. The highest BCUT2D eigenvalue weighted by molar-refractivity contribution is 6.02. The second-order valence-electron chi connectivity index (χ2n) is 4.92. The van der Waals surface area contributed by atoms with Gasteiger partial charge in [0, 0.05) is 37.4 Å². The van der Waals surface area contributed by atoms with Crippen LogP contribution in [0.2, 0.25) is 0 Å². The normalized spacial score (nSPS) is 23.2. The average Bonchev–Trinajstić information content (AvgIpc) is 2.76. The van der Waals surface area contributed by atoms with Gasteiger partial charge in [0.05, 0.1) is 13.2 Å². The minimum atomic E-state index is -0.211. The standard InChI is InChI=1S/C14H19N3O2/c18-14-13(11-3-1-2-4-12(11)16-14)15-5-6-17-7-9-19-10-8-17/h1-4,13,15H,5-10H2,(H,16,18). The van der Waals surface area contributed by atoms with Crippen molar-refractivity contribution in [3.05, 3.63) is 29.8 Å². The Hall–Kier alpha value is -1.43. The largest absolute Gasteiger partial charge is 0.379 e. The molecule has 1 fully saturated rings. The summed E-state index contributed by atoms with van der Waals surface area (Å²) >= 11 is 0. The Morgan fingerprint density at radius 2 is 2.11 bits per heavy atom. The summed E-state index contributed by atoms with van der Waals surface area (Å²) in [7, 11) is 0. The Balaban J connectivity index is 1.54. The maximum atomic E-state index is 11.9. The number of carbonyl (C=O) groups is 1. The Kier molecular flexibility index (Phi) is 3.77. The van der Waals surface area contributed by atoms with Crippen molar-refractivity contribution < 1.29 is 9.53 Å². The molecule has 1 unspecified atom stereocenters. The molecule has 3 rings (SSSR count). The van der Waals surface area contributed by atoms with E-state index in [9.17, 15) is 4.79 Å². The molecular weight excluding hydrogens is 242 g/mol. The molecule has 0 aliphatic carbocycles. The van der Waals surface area contributed by atoms with Crippen molar-refractivity contribution in [2.75, 3.05) is 44.7 Å². The van der Waals surface area contributed by atoms with Crippen LogP contribution in [0.25, 0.3) is 0 Å². The number of nitrogens with one attached hydrogen (secondary N) is 2. The maximum Gasteiger partial charge on any atom is 0.246 e. The van der Waals surface area contributed by atoms with Crippen LogP contribution in [-0.2, 0) is 9.53 Å². The van der Waals surface area contributed by atoms with E-state index in [1.165, 1.54) is 0 Å². The Morgan fingerprint density at radius 1 is 1.32 bits per heavy atom. The number of rotatable bonds is 4. The third-order valence-electron chi connectivity index (χ3n) is 3.67. The smallest absolute Gasteiger partial charge is 0.246 e. The van der Waals surface area contributed by atoms with Crippen LogP contribution in [0.3, 0.4) is 0 Å². The molecule has 5 heteroatoms. The number of hydrogen-bond acceptors (Lipinski definition) is 4. The molecular formula is C14H19N3O2. The third kappa shape index (κ3) is 2.78. The lowest BCUT2D eigenvalue weighted by Crippen LogP contribution is -2.41. The minimum Gasteiger partial charge on any atom is -0.379 e. The molecule has 2 aliphatic heterocycles. The van der Waals surface area contributed by atoms with Gasteiger partial charge in [-0.25, -0.2) is 0 Å². The fourth-order valence-corrected chi connectivity index (χ4v) is 2.60. The predicted octanol–water partition coefficient (Wildman–Crippen LogP) is 0.602. The summed E-state index contributed by atoms with van der Waals surface area (Å²) in [6, 6.07) is 7.64. The molecule has 1 atom stereocenters. The maximum absolute atomic E-state index is 11.9. The quantitative estimate of drug-likeness (QED) is 0.833. The molecule has 0 saturated carbocycles. The molecule has 0 bridgehead atoms. The highest BCUT2D eigenvalue weighted by atomic mass is 16.5. The number of amides is 1. The molecule has 1 aromatic rings. The second kappa shape index (κ2) is 5.69. The van der Waals surface area contributed by atoms with Gasteiger partial charge in [-0.3, -0.25) is 9.69 Å². The van der Waals surface area contributed by atoms with Gasteiger partial charge in [-0.15, -0.1) is 0 Å².